The SMILES string of the molecule is O=C(O)c1ccncc1NC[C@@H]1c2ccc(-c3ccccc3F)cc2CN1CC1CC1. The van der Waals surface area contributed by atoms with Gasteiger partial charge < -0.3 is 10.4 Å². The number of hydrogen-bond donors (Lipinski definition) is 2. The summed E-state index contributed by atoms with van der Waals surface area (Å²) in [5.41, 5.74) is 4.67. The normalized spacial score (nSPS) is 18.0. The summed E-state index contributed by atoms with van der Waals surface area (Å²) in [6, 6.07) is 14.7. The number of nitrogens with zero attached hydrogens (tertiary/aromatic N) is 2. The van der Waals surface area contributed by atoms with Gasteiger partial charge in [-0.1, -0.05) is 30.3 Å². The van der Waals surface area contributed by atoms with E-state index in [-0.39, 0.29) is 17.4 Å². The zero-order valence-electron chi connectivity index (χ0n) is 17.1. The minimum Gasteiger partial charge on any atom is -0.478 e. The topological polar surface area (TPSA) is 65.5 Å². The Balaban J connectivity index is 1.42. The number of fused-ring (bicyclic) bond motifs is 1. The third-order valence-corrected chi connectivity index (χ3v) is 6.23. The van der Waals surface area contributed by atoms with E-state index in [0.29, 0.717) is 17.8 Å². The first-order chi connectivity index (χ1) is 15.1. The van der Waals surface area contributed by atoms with Crippen LogP contribution in [0.1, 0.15) is 40.4 Å². The van der Waals surface area contributed by atoms with Crippen LogP contribution in [0.4, 0.5) is 10.1 Å². The van der Waals surface area contributed by atoms with Gasteiger partial charge in [-0.3, -0.25) is 9.88 Å². The van der Waals surface area contributed by atoms with Crippen molar-refractivity contribution in [3.63, 3.8) is 0 Å². The lowest BCUT2D eigenvalue weighted by atomic mass is 9.97. The molecule has 5 nitrogen and oxygen atoms in total. The Hall–Kier alpha value is -3.25. The molecule has 0 amide bonds. The van der Waals surface area contributed by atoms with E-state index in [1.165, 1.54) is 42.3 Å². The van der Waals surface area contributed by atoms with Gasteiger partial charge in [-0.2, -0.15) is 0 Å². The van der Waals surface area contributed by atoms with Crippen molar-refractivity contribution in [3.05, 3.63) is 83.4 Å². The van der Waals surface area contributed by atoms with Crippen LogP contribution in [0.15, 0.2) is 60.9 Å². The average molecular weight is 417 g/mol. The fraction of sp³-hybridized carbons (Fsp3) is 0.280. The number of anilines is 1. The summed E-state index contributed by atoms with van der Waals surface area (Å²) >= 11 is 0. The Kier molecular flexibility index (Phi) is 5.16. The van der Waals surface area contributed by atoms with E-state index in [1.54, 1.807) is 12.3 Å². The largest absolute Gasteiger partial charge is 0.478 e. The molecule has 0 spiro atoms. The zero-order valence-corrected chi connectivity index (χ0v) is 17.1. The van der Waals surface area contributed by atoms with Gasteiger partial charge in [-0.05, 0) is 53.6 Å². The van der Waals surface area contributed by atoms with E-state index < -0.39 is 5.97 Å². The summed E-state index contributed by atoms with van der Waals surface area (Å²) in [4.78, 5) is 18.1. The van der Waals surface area contributed by atoms with Gasteiger partial charge in [0.25, 0.3) is 0 Å². The number of benzene rings is 2. The molecule has 1 atom stereocenters. The molecule has 2 N–H and O–H groups in total. The van der Waals surface area contributed by atoms with E-state index in [9.17, 15) is 14.3 Å². The summed E-state index contributed by atoms with van der Waals surface area (Å²) in [5, 5.41) is 12.8. The lowest BCUT2D eigenvalue weighted by Gasteiger charge is -2.26. The molecule has 2 aromatic carbocycles. The number of carbonyl (C=O) groups is 1. The molecule has 6 heteroatoms. The Morgan fingerprint density at radius 3 is 2.81 bits per heavy atom. The van der Waals surface area contributed by atoms with Gasteiger partial charge in [0.1, 0.15) is 5.82 Å². The van der Waals surface area contributed by atoms with Crippen molar-refractivity contribution in [1.29, 1.82) is 0 Å². The summed E-state index contributed by atoms with van der Waals surface area (Å²) in [6.45, 7) is 2.43. The first kappa shape index (κ1) is 19.7. The van der Waals surface area contributed by atoms with Crippen LogP contribution < -0.4 is 5.32 Å². The van der Waals surface area contributed by atoms with Crippen LogP contribution in [0, 0.1) is 11.7 Å². The first-order valence-electron chi connectivity index (χ1n) is 10.6. The predicted octanol–water partition coefficient (Wildman–Crippen LogP) is 4.96. The number of nitrogens with one attached hydrogen (secondary N) is 1. The minimum atomic E-state index is -0.971. The quantitative estimate of drug-likeness (QED) is 0.569. The number of aromatic nitrogens is 1. The lowest BCUT2D eigenvalue weighted by Crippen LogP contribution is -2.29. The molecule has 0 saturated heterocycles. The molecule has 158 valence electrons. The smallest absolute Gasteiger partial charge is 0.337 e. The Bertz CT molecular complexity index is 1130. The second-order valence-electron chi connectivity index (χ2n) is 8.39. The highest BCUT2D eigenvalue weighted by Gasteiger charge is 2.34. The molecule has 0 bridgehead atoms. The number of halogens is 1. The highest BCUT2D eigenvalue weighted by molar-refractivity contribution is 5.93. The molecule has 1 fully saturated rings. The molecule has 2 heterocycles. The van der Waals surface area contributed by atoms with Crippen molar-refractivity contribution >= 4 is 11.7 Å². The van der Waals surface area contributed by atoms with Gasteiger partial charge in [0.2, 0.25) is 0 Å². The van der Waals surface area contributed by atoms with Gasteiger partial charge >= 0.3 is 5.97 Å². The molecular weight excluding hydrogens is 393 g/mol. The molecular formula is C25H24FN3O2. The van der Waals surface area contributed by atoms with Crippen molar-refractivity contribution < 1.29 is 14.3 Å². The van der Waals surface area contributed by atoms with Crippen LogP contribution in [0.2, 0.25) is 0 Å². The standard InChI is InChI=1S/C25H24FN3O2/c26-22-4-2-1-3-19(22)17-7-8-20-18(11-17)15-29(14-16-5-6-16)24(20)13-28-23-12-27-10-9-21(23)25(30)31/h1-4,7-12,16,24,28H,5-6,13-15H2,(H,30,31)/t24-/m1/s1. The first-order valence-corrected chi connectivity index (χ1v) is 10.6. The molecule has 5 rings (SSSR count). The fourth-order valence-electron chi connectivity index (χ4n) is 4.45. The molecule has 1 aliphatic carbocycles. The number of carboxylic acids is 1. The Morgan fingerprint density at radius 2 is 2.03 bits per heavy atom. The maximum atomic E-state index is 14.3. The lowest BCUT2D eigenvalue weighted by molar-refractivity contribution is 0.0697. The highest BCUT2D eigenvalue weighted by Crippen LogP contribution is 2.40. The summed E-state index contributed by atoms with van der Waals surface area (Å²) in [5.74, 6) is -0.455. The highest BCUT2D eigenvalue weighted by atomic mass is 19.1. The van der Waals surface area contributed by atoms with Crippen molar-refractivity contribution in [2.24, 2.45) is 5.92 Å². The second kappa shape index (κ2) is 8.12. The molecule has 2 aliphatic rings. The Labute approximate surface area is 180 Å². The maximum Gasteiger partial charge on any atom is 0.337 e. The maximum absolute atomic E-state index is 14.3. The average Bonchev–Trinajstić information content (AvgIpc) is 3.52. The van der Waals surface area contributed by atoms with Crippen LogP contribution in [0.25, 0.3) is 11.1 Å². The summed E-state index contributed by atoms with van der Waals surface area (Å²) in [6.07, 6.45) is 5.58. The number of pyridine rings is 1. The van der Waals surface area contributed by atoms with E-state index in [4.69, 9.17) is 0 Å². The van der Waals surface area contributed by atoms with Gasteiger partial charge in [0.05, 0.1) is 23.5 Å². The summed E-state index contributed by atoms with van der Waals surface area (Å²) < 4.78 is 14.3. The number of carboxylic acid groups (broad SMARTS) is 1. The van der Waals surface area contributed by atoms with Crippen LogP contribution >= 0.6 is 0 Å². The van der Waals surface area contributed by atoms with E-state index >= 15 is 0 Å². The number of rotatable bonds is 7. The van der Waals surface area contributed by atoms with E-state index in [1.807, 2.05) is 18.2 Å². The predicted molar refractivity (Wildman–Crippen MR) is 117 cm³/mol. The molecule has 31 heavy (non-hydrogen) atoms. The fourth-order valence-corrected chi connectivity index (χ4v) is 4.45. The van der Waals surface area contributed by atoms with Crippen molar-refractivity contribution in [2.75, 3.05) is 18.4 Å². The Morgan fingerprint density at radius 1 is 1.19 bits per heavy atom. The van der Waals surface area contributed by atoms with Crippen LogP contribution in [0.5, 0.6) is 0 Å². The van der Waals surface area contributed by atoms with Crippen molar-refractivity contribution in [1.82, 2.24) is 9.88 Å². The third-order valence-electron chi connectivity index (χ3n) is 6.23. The number of hydrogen-bond acceptors (Lipinski definition) is 4. The minimum absolute atomic E-state index is 0.132. The van der Waals surface area contributed by atoms with Crippen LogP contribution in [0.3, 0.4) is 0 Å². The monoisotopic (exact) mass is 417 g/mol. The molecule has 1 aliphatic heterocycles. The zero-order chi connectivity index (χ0) is 21.4. The van der Waals surface area contributed by atoms with Crippen LogP contribution in [-0.2, 0) is 6.54 Å². The molecule has 3 aromatic rings. The van der Waals surface area contributed by atoms with E-state index in [0.717, 1.165) is 24.6 Å². The summed E-state index contributed by atoms with van der Waals surface area (Å²) in [7, 11) is 0. The molecule has 1 saturated carbocycles. The third kappa shape index (κ3) is 4.03. The van der Waals surface area contributed by atoms with Crippen molar-refractivity contribution in [2.45, 2.75) is 25.4 Å². The van der Waals surface area contributed by atoms with Gasteiger partial charge in [0, 0.05) is 31.4 Å². The molecule has 0 radical (unpaired) electrons. The van der Waals surface area contributed by atoms with Gasteiger partial charge in [0.15, 0.2) is 0 Å². The molecule has 1 aromatic heterocycles. The van der Waals surface area contributed by atoms with Crippen LogP contribution in [-0.4, -0.2) is 34.0 Å². The van der Waals surface area contributed by atoms with Crippen molar-refractivity contribution in [3.8, 4) is 11.1 Å². The number of aromatic carboxylic acids is 1. The van der Waals surface area contributed by atoms with E-state index in [2.05, 4.69) is 27.3 Å². The second-order valence-corrected chi connectivity index (χ2v) is 8.39. The molecule has 0 unspecified atom stereocenters. The van der Waals surface area contributed by atoms with Gasteiger partial charge in [-0.15, -0.1) is 0 Å². The van der Waals surface area contributed by atoms with Gasteiger partial charge in [-0.25, -0.2) is 9.18 Å².